The van der Waals surface area contributed by atoms with Crippen molar-refractivity contribution in [3.8, 4) is 34.5 Å². The van der Waals surface area contributed by atoms with E-state index < -0.39 is 13.9 Å². The topological polar surface area (TPSA) is 84.9 Å². The van der Waals surface area contributed by atoms with Gasteiger partial charge in [-0.05, 0) is 66.2 Å². The number of hydrogen-bond acceptors (Lipinski definition) is 9. The van der Waals surface area contributed by atoms with Crippen molar-refractivity contribution in [1.29, 1.82) is 0 Å². The molecule has 0 spiro atoms. The molecule has 0 radical (unpaired) electrons. The first-order chi connectivity index (χ1) is 20.5. The number of rotatable bonds is 6. The predicted octanol–water partition coefficient (Wildman–Crippen LogP) is 6.62. The highest BCUT2D eigenvalue weighted by molar-refractivity contribution is 7.49. The molecule has 4 aromatic carbocycles. The first-order valence-corrected chi connectivity index (χ1v) is 15.3. The monoisotopic (exact) mass is 585 g/mol. The molecule has 0 saturated heterocycles. The molecular formula is C32H28NO8P. The van der Waals surface area contributed by atoms with Crippen LogP contribution in [-0.2, 0) is 22.1 Å². The van der Waals surface area contributed by atoms with Crippen LogP contribution in [0.5, 0.6) is 34.5 Å². The molecule has 214 valence electrons. The minimum atomic E-state index is -4.20. The lowest BCUT2D eigenvalue weighted by Crippen LogP contribution is -2.44. The minimum absolute atomic E-state index is 0.108. The highest BCUT2D eigenvalue weighted by Crippen LogP contribution is 2.59. The van der Waals surface area contributed by atoms with E-state index in [0.29, 0.717) is 30.2 Å². The lowest BCUT2D eigenvalue weighted by molar-refractivity contribution is 0.0561. The number of benzene rings is 4. The summed E-state index contributed by atoms with van der Waals surface area (Å²) in [6, 6.07) is 25.9. The van der Waals surface area contributed by atoms with Crippen LogP contribution in [-0.4, -0.2) is 31.6 Å². The summed E-state index contributed by atoms with van der Waals surface area (Å²) in [7, 11) is -2.12. The van der Waals surface area contributed by atoms with Gasteiger partial charge in [0.2, 0.25) is 13.6 Å². The molecule has 3 aliphatic heterocycles. The van der Waals surface area contributed by atoms with Gasteiger partial charge in [-0.3, -0.25) is 9.42 Å². The SMILES string of the molecule is CN1Cc2c(ccc3c2OCO3)[C@H]2[C@@H](OP(=O)(Oc3ccccc3)Oc3ccccc3)Cc3cc4c(cc3[C@H]21)OCO4. The van der Waals surface area contributed by atoms with Crippen LogP contribution in [0.25, 0.3) is 0 Å². The average Bonchev–Trinajstić information content (AvgIpc) is 3.66. The number of likely N-dealkylation sites (N-methyl/N-ethyl adjacent to an activating group) is 1. The Morgan fingerprint density at radius 2 is 1.40 bits per heavy atom. The third-order valence-electron chi connectivity index (χ3n) is 8.22. The molecule has 3 atom stereocenters. The summed E-state index contributed by atoms with van der Waals surface area (Å²) in [5, 5.41) is 0. The highest BCUT2D eigenvalue weighted by atomic mass is 31.2. The summed E-state index contributed by atoms with van der Waals surface area (Å²) in [5.41, 5.74) is 4.25. The van der Waals surface area contributed by atoms with Crippen LogP contribution < -0.4 is 28.0 Å². The van der Waals surface area contributed by atoms with Gasteiger partial charge in [-0.2, -0.15) is 0 Å². The fraction of sp³-hybridized carbons (Fsp3) is 0.250. The van der Waals surface area contributed by atoms with Crippen molar-refractivity contribution in [2.75, 3.05) is 20.6 Å². The molecular weight excluding hydrogens is 557 g/mol. The molecule has 4 aliphatic rings. The number of fused-ring (bicyclic) bond motifs is 8. The summed E-state index contributed by atoms with van der Waals surface area (Å²) in [5.74, 6) is 3.43. The molecule has 0 amide bonds. The Bertz CT molecular complexity index is 1650. The summed E-state index contributed by atoms with van der Waals surface area (Å²) < 4.78 is 56.4. The Kier molecular flexibility index (Phi) is 6.07. The Morgan fingerprint density at radius 1 is 0.762 bits per heavy atom. The Hall–Kier alpha value is -4.17. The number of phosphoric ester groups is 1. The van der Waals surface area contributed by atoms with Crippen molar-refractivity contribution in [3.63, 3.8) is 0 Å². The summed E-state index contributed by atoms with van der Waals surface area (Å²) in [6.07, 6.45) is -0.127. The van der Waals surface area contributed by atoms with Gasteiger partial charge in [-0.25, -0.2) is 4.57 Å². The maximum Gasteiger partial charge on any atom is 0.587 e. The molecule has 0 fully saturated rings. The second kappa shape index (κ2) is 9.98. The fourth-order valence-electron chi connectivity index (χ4n) is 6.49. The third kappa shape index (κ3) is 4.36. The van der Waals surface area contributed by atoms with Gasteiger partial charge in [-0.15, -0.1) is 0 Å². The fourth-order valence-corrected chi connectivity index (χ4v) is 7.91. The maximum atomic E-state index is 14.6. The first-order valence-electron chi connectivity index (χ1n) is 13.9. The van der Waals surface area contributed by atoms with Crippen molar-refractivity contribution in [1.82, 2.24) is 4.90 Å². The Morgan fingerprint density at radius 3 is 2.12 bits per heavy atom. The summed E-state index contributed by atoms with van der Waals surface area (Å²) >= 11 is 0. The van der Waals surface area contributed by atoms with Gasteiger partial charge in [0.15, 0.2) is 23.0 Å². The van der Waals surface area contributed by atoms with Crippen molar-refractivity contribution in [2.24, 2.45) is 0 Å². The molecule has 8 rings (SSSR count). The van der Waals surface area contributed by atoms with E-state index in [1.165, 1.54) is 0 Å². The number of ether oxygens (including phenoxy) is 4. The van der Waals surface area contributed by atoms with Gasteiger partial charge in [0, 0.05) is 30.5 Å². The van der Waals surface area contributed by atoms with E-state index >= 15 is 0 Å². The number of phosphoric acid groups is 1. The molecule has 0 N–H and O–H groups in total. The van der Waals surface area contributed by atoms with Crippen molar-refractivity contribution in [2.45, 2.75) is 31.0 Å². The van der Waals surface area contributed by atoms with E-state index in [9.17, 15) is 4.57 Å². The Labute approximate surface area is 243 Å². The van der Waals surface area contributed by atoms with Crippen LogP contribution >= 0.6 is 7.82 Å². The second-order valence-corrected chi connectivity index (χ2v) is 12.2. The molecule has 0 saturated carbocycles. The van der Waals surface area contributed by atoms with Gasteiger partial charge >= 0.3 is 7.82 Å². The predicted molar refractivity (Wildman–Crippen MR) is 152 cm³/mol. The van der Waals surface area contributed by atoms with Crippen LogP contribution in [0.3, 0.4) is 0 Å². The van der Waals surface area contributed by atoms with Crippen LogP contribution in [0.1, 0.15) is 34.2 Å². The van der Waals surface area contributed by atoms with Gasteiger partial charge in [-0.1, -0.05) is 42.5 Å². The molecule has 3 heterocycles. The summed E-state index contributed by atoms with van der Waals surface area (Å²) in [4.78, 5) is 2.27. The molecule has 10 heteroatoms. The van der Waals surface area contributed by atoms with E-state index in [-0.39, 0.29) is 25.5 Å². The molecule has 4 aromatic rings. The molecule has 0 unspecified atom stereocenters. The summed E-state index contributed by atoms with van der Waals surface area (Å²) in [6.45, 7) is 1.00. The molecule has 0 aromatic heterocycles. The zero-order chi connectivity index (χ0) is 28.3. The van der Waals surface area contributed by atoms with Gasteiger partial charge in [0.05, 0.1) is 6.10 Å². The van der Waals surface area contributed by atoms with Crippen LogP contribution in [0.2, 0.25) is 0 Å². The number of hydrogen-bond donors (Lipinski definition) is 0. The number of para-hydroxylation sites is 2. The van der Waals surface area contributed by atoms with E-state index in [1.54, 1.807) is 24.3 Å². The zero-order valence-electron chi connectivity index (χ0n) is 22.8. The quantitative estimate of drug-likeness (QED) is 0.232. The second-order valence-electron chi connectivity index (χ2n) is 10.8. The third-order valence-corrected chi connectivity index (χ3v) is 9.62. The highest BCUT2D eigenvalue weighted by Gasteiger charge is 2.49. The van der Waals surface area contributed by atoms with Gasteiger partial charge in [0.1, 0.15) is 11.5 Å². The number of nitrogens with zero attached hydrogens (tertiary/aromatic N) is 1. The van der Waals surface area contributed by atoms with E-state index in [2.05, 4.69) is 24.1 Å². The standard InChI is InChI=1S/C32H28NO8P/c1-33-17-25-23(12-13-26-32(25)38-19-35-26)30-29(15-20-14-27-28(37-18-36-27)16-24(20)31(30)33)41-42(34,39-21-8-4-2-5-9-21)40-22-10-6-3-7-11-22/h2-14,16,29-31H,15,17-19H2,1H3/t29-,30-,31+/m0/s1. The average molecular weight is 586 g/mol. The van der Waals surface area contributed by atoms with Gasteiger partial charge in [0.25, 0.3) is 0 Å². The lowest BCUT2D eigenvalue weighted by Gasteiger charge is -2.47. The van der Waals surface area contributed by atoms with E-state index in [0.717, 1.165) is 39.5 Å². The minimum Gasteiger partial charge on any atom is -0.454 e. The Balaban J connectivity index is 1.25. The molecule has 9 nitrogen and oxygen atoms in total. The van der Waals surface area contributed by atoms with Crippen molar-refractivity contribution in [3.05, 3.63) is 107 Å². The lowest BCUT2D eigenvalue weighted by atomic mass is 9.70. The first kappa shape index (κ1) is 25.5. The van der Waals surface area contributed by atoms with Crippen LogP contribution in [0, 0.1) is 0 Å². The molecule has 0 bridgehead atoms. The van der Waals surface area contributed by atoms with E-state index in [1.807, 2.05) is 48.5 Å². The van der Waals surface area contributed by atoms with Crippen LogP contribution in [0.15, 0.2) is 84.9 Å². The molecule has 1 aliphatic carbocycles. The normalized spacial score (nSPS) is 21.7. The zero-order valence-corrected chi connectivity index (χ0v) is 23.7. The van der Waals surface area contributed by atoms with Crippen molar-refractivity contribution < 1.29 is 37.1 Å². The largest absolute Gasteiger partial charge is 0.587 e. The van der Waals surface area contributed by atoms with Crippen LogP contribution in [0.4, 0.5) is 0 Å². The van der Waals surface area contributed by atoms with Crippen molar-refractivity contribution >= 4 is 7.82 Å². The van der Waals surface area contributed by atoms with Gasteiger partial charge < -0.3 is 28.0 Å². The van der Waals surface area contributed by atoms with E-state index in [4.69, 9.17) is 32.5 Å². The maximum absolute atomic E-state index is 14.6. The smallest absolute Gasteiger partial charge is 0.454 e. The molecule has 42 heavy (non-hydrogen) atoms.